The van der Waals surface area contributed by atoms with E-state index in [4.69, 9.17) is 9.47 Å². The van der Waals surface area contributed by atoms with Crippen LogP contribution in [0.3, 0.4) is 0 Å². The normalized spacial score (nSPS) is 10.7. The highest BCUT2D eigenvalue weighted by Gasteiger charge is 2.10. The van der Waals surface area contributed by atoms with Crippen molar-refractivity contribution in [3.05, 3.63) is 16.5 Å². The lowest BCUT2D eigenvalue weighted by Crippen LogP contribution is -2.30. The maximum absolute atomic E-state index is 5.16. The van der Waals surface area contributed by atoms with Crippen molar-refractivity contribution in [2.75, 3.05) is 45.4 Å². The third-order valence-corrected chi connectivity index (χ3v) is 3.12. The topological polar surface area (TPSA) is 47.5 Å². The van der Waals surface area contributed by atoms with Gasteiger partial charge in [0.15, 0.2) is 0 Å². The maximum atomic E-state index is 5.16. The molecule has 0 amide bonds. The molecule has 1 heterocycles. The zero-order chi connectivity index (χ0) is 14.1. The summed E-state index contributed by atoms with van der Waals surface area (Å²) in [6.07, 6.45) is 1.78. The number of aromatic nitrogens is 2. The first-order valence-electron chi connectivity index (χ1n) is 6.47. The maximum Gasteiger partial charge on any atom is 0.133 e. The van der Waals surface area contributed by atoms with Crippen LogP contribution in [0.15, 0.2) is 10.7 Å². The highest BCUT2D eigenvalue weighted by atomic mass is 79.9. The molecule has 1 aromatic heterocycles. The molecule has 5 nitrogen and oxygen atoms in total. The highest BCUT2D eigenvalue weighted by Crippen LogP contribution is 2.17. The molecule has 1 rings (SSSR count). The van der Waals surface area contributed by atoms with Gasteiger partial charge in [0.25, 0.3) is 0 Å². The highest BCUT2D eigenvalue weighted by molar-refractivity contribution is 9.10. The van der Waals surface area contributed by atoms with Gasteiger partial charge in [-0.15, -0.1) is 0 Å². The van der Waals surface area contributed by atoms with Crippen molar-refractivity contribution < 1.29 is 9.47 Å². The van der Waals surface area contributed by atoms with Crippen molar-refractivity contribution in [1.29, 1.82) is 0 Å². The molecule has 0 bridgehead atoms. The summed E-state index contributed by atoms with van der Waals surface area (Å²) in [4.78, 5) is 11.1. The summed E-state index contributed by atoms with van der Waals surface area (Å²) in [5.41, 5.74) is 0. The molecule has 1 aromatic rings. The third kappa shape index (κ3) is 5.84. The summed E-state index contributed by atoms with van der Waals surface area (Å²) in [6, 6.07) is 1.95. The Morgan fingerprint density at radius 3 is 2.53 bits per heavy atom. The van der Waals surface area contributed by atoms with Crippen LogP contribution in [0.2, 0.25) is 0 Å². The van der Waals surface area contributed by atoms with E-state index in [0.29, 0.717) is 6.61 Å². The van der Waals surface area contributed by atoms with E-state index in [9.17, 15) is 0 Å². The monoisotopic (exact) mass is 331 g/mol. The molecule has 0 saturated carbocycles. The number of hydrogen-bond donors (Lipinski definition) is 0. The molecule has 19 heavy (non-hydrogen) atoms. The van der Waals surface area contributed by atoms with Gasteiger partial charge in [0.05, 0.1) is 6.61 Å². The van der Waals surface area contributed by atoms with Crippen LogP contribution in [-0.2, 0) is 15.9 Å². The number of methoxy groups -OCH3 is 2. The lowest BCUT2D eigenvalue weighted by Gasteiger charge is -2.23. The fourth-order valence-electron chi connectivity index (χ4n) is 1.71. The summed E-state index contributed by atoms with van der Waals surface area (Å²) in [5, 5.41) is 0. The standard InChI is InChI=1S/C13H22BrN3O2/c1-4-12-15-11(14)10-13(16-12)17(7-9-19-3)6-5-8-18-2/h10H,4-9H2,1-3H3. The van der Waals surface area contributed by atoms with Gasteiger partial charge in [0, 0.05) is 46.4 Å². The van der Waals surface area contributed by atoms with Crippen molar-refractivity contribution in [3.63, 3.8) is 0 Å². The van der Waals surface area contributed by atoms with E-state index in [0.717, 1.165) is 48.8 Å². The minimum atomic E-state index is 0.677. The van der Waals surface area contributed by atoms with Crippen molar-refractivity contribution in [2.24, 2.45) is 0 Å². The van der Waals surface area contributed by atoms with Crippen LogP contribution in [-0.4, -0.2) is 50.5 Å². The number of ether oxygens (including phenoxy) is 2. The third-order valence-electron chi connectivity index (χ3n) is 2.71. The van der Waals surface area contributed by atoms with Gasteiger partial charge in [0.2, 0.25) is 0 Å². The smallest absolute Gasteiger partial charge is 0.133 e. The first-order valence-corrected chi connectivity index (χ1v) is 7.26. The van der Waals surface area contributed by atoms with E-state index in [-0.39, 0.29) is 0 Å². The lowest BCUT2D eigenvalue weighted by atomic mass is 10.3. The summed E-state index contributed by atoms with van der Waals surface area (Å²) >= 11 is 3.44. The van der Waals surface area contributed by atoms with Gasteiger partial charge in [-0.25, -0.2) is 9.97 Å². The van der Waals surface area contributed by atoms with Crippen molar-refractivity contribution in [3.8, 4) is 0 Å². The van der Waals surface area contributed by atoms with E-state index in [1.54, 1.807) is 14.2 Å². The van der Waals surface area contributed by atoms with Gasteiger partial charge in [-0.2, -0.15) is 0 Å². The minimum absolute atomic E-state index is 0.677. The molecule has 0 fully saturated rings. The Bertz CT molecular complexity index is 377. The molecule has 0 saturated heterocycles. The van der Waals surface area contributed by atoms with Crippen LogP contribution in [0.4, 0.5) is 5.82 Å². The van der Waals surface area contributed by atoms with Gasteiger partial charge < -0.3 is 14.4 Å². The van der Waals surface area contributed by atoms with Crippen LogP contribution in [0, 0.1) is 0 Å². The molecule has 0 atom stereocenters. The second-order valence-electron chi connectivity index (χ2n) is 4.14. The minimum Gasteiger partial charge on any atom is -0.385 e. The van der Waals surface area contributed by atoms with Crippen molar-refractivity contribution in [1.82, 2.24) is 9.97 Å². The number of aryl methyl sites for hydroxylation is 1. The van der Waals surface area contributed by atoms with Crippen LogP contribution >= 0.6 is 15.9 Å². The summed E-state index contributed by atoms with van der Waals surface area (Å²) < 4.78 is 11.1. The molecular formula is C13H22BrN3O2. The quantitative estimate of drug-likeness (QED) is 0.513. The fraction of sp³-hybridized carbons (Fsp3) is 0.692. The zero-order valence-corrected chi connectivity index (χ0v) is 13.4. The Hall–Kier alpha value is -0.720. The number of anilines is 1. The molecule has 0 N–H and O–H groups in total. The number of halogens is 1. The molecule has 0 aliphatic carbocycles. The first-order chi connectivity index (χ1) is 9.21. The zero-order valence-electron chi connectivity index (χ0n) is 11.9. The molecule has 0 unspecified atom stereocenters. The molecule has 108 valence electrons. The number of nitrogens with zero attached hydrogens (tertiary/aromatic N) is 3. The Morgan fingerprint density at radius 1 is 1.16 bits per heavy atom. The van der Waals surface area contributed by atoms with Gasteiger partial charge in [-0.05, 0) is 22.4 Å². The molecule has 0 radical (unpaired) electrons. The van der Waals surface area contributed by atoms with E-state index in [1.165, 1.54) is 0 Å². The fourth-order valence-corrected chi connectivity index (χ4v) is 2.12. The van der Waals surface area contributed by atoms with Gasteiger partial charge in [-0.1, -0.05) is 6.92 Å². The SMILES string of the molecule is CCc1nc(Br)cc(N(CCCOC)CCOC)n1. The number of rotatable bonds is 9. The molecule has 0 aliphatic heterocycles. The number of hydrogen-bond acceptors (Lipinski definition) is 5. The van der Waals surface area contributed by atoms with Crippen LogP contribution < -0.4 is 4.90 Å². The Balaban J connectivity index is 2.79. The molecular weight excluding hydrogens is 310 g/mol. The van der Waals surface area contributed by atoms with Gasteiger partial charge >= 0.3 is 0 Å². The lowest BCUT2D eigenvalue weighted by molar-refractivity contribution is 0.191. The average molecular weight is 332 g/mol. The predicted molar refractivity (Wildman–Crippen MR) is 79.7 cm³/mol. The van der Waals surface area contributed by atoms with E-state index in [2.05, 4.69) is 37.7 Å². The Labute approximate surface area is 123 Å². The van der Waals surface area contributed by atoms with Crippen LogP contribution in [0.25, 0.3) is 0 Å². The Morgan fingerprint density at radius 2 is 1.89 bits per heavy atom. The summed E-state index contributed by atoms with van der Waals surface area (Å²) in [6.45, 7) is 5.18. The Kier molecular flexibility index (Phi) is 7.93. The molecule has 0 spiro atoms. The summed E-state index contributed by atoms with van der Waals surface area (Å²) in [5.74, 6) is 1.78. The average Bonchev–Trinajstić information content (AvgIpc) is 2.42. The largest absolute Gasteiger partial charge is 0.385 e. The second kappa shape index (κ2) is 9.23. The second-order valence-corrected chi connectivity index (χ2v) is 4.96. The first kappa shape index (κ1) is 16.3. The van der Waals surface area contributed by atoms with Gasteiger partial charge in [0.1, 0.15) is 16.2 Å². The molecule has 0 aliphatic rings. The van der Waals surface area contributed by atoms with Crippen LogP contribution in [0.1, 0.15) is 19.2 Å². The molecule has 0 aromatic carbocycles. The summed E-state index contributed by atoms with van der Waals surface area (Å²) in [7, 11) is 3.43. The van der Waals surface area contributed by atoms with Crippen LogP contribution in [0.5, 0.6) is 0 Å². The van der Waals surface area contributed by atoms with Crippen molar-refractivity contribution in [2.45, 2.75) is 19.8 Å². The van der Waals surface area contributed by atoms with E-state index < -0.39 is 0 Å². The molecule has 6 heteroatoms. The van der Waals surface area contributed by atoms with Crippen molar-refractivity contribution >= 4 is 21.7 Å². The van der Waals surface area contributed by atoms with E-state index in [1.807, 2.05) is 6.07 Å². The van der Waals surface area contributed by atoms with Gasteiger partial charge in [-0.3, -0.25) is 0 Å². The predicted octanol–water partition coefficient (Wildman–Crippen LogP) is 2.29. The van der Waals surface area contributed by atoms with E-state index >= 15 is 0 Å².